The molecule has 1 nitrogen and oxygen atoms in total. The molecule has 0 saturated heterocycles. The molecule has 0 bridgehead atoms. The van der Waals surface area contributed by atoms with E-state index in [0.29, 0.717) is 17.0 Å². The molecule has 2 aromatic carbocycles. The lowest BCUT2D eigenvalue weighted by molar-refractivity contribution is 0.219. The molecule has 1 aliphatic carbocycles. The Morgan fingerprint density at radius 3 is 2.11 bits per heavy atom. The fraction of sp³-hybridized carbons (Fsp3) is 0.250. The number of benzene rings is 2. The van der Waals surface area contributed by atoms with Crippen LogP contribution in [0.4, 0.5) is 8.78 Å². The average molecular weight is 260 g/mol. The fourth-order valence-electron chi connectivity index (χ4n) is 2.24. The summed E-state index contributed by atoms with van der Waals surface area (Å²) in [5.41, 5.74) is 2.33. The summed E-state index contributed by atoms with van der Waals surface area (Å²) in [6, 6.07) is 11.2. The van der Waals surface area contributed by atoms with Gasteiger partial charge in [-0.2, -0.15) is 0 Å². The summed E-state index contributed by atoms with van der Waals surface area (Å²) in [5.74, 6) is -1.18. The summed E-state index contributed by atoms with van der Waals surface area (Å²) in [6.07, 6.45) is 1.53. The van der Waals surface area contributed by atoms with Crippen molar-refractivity contribution in [1.29, 1.82) is 0 Å². The second-order valence-electron chi connectivity index (χ2n) is 5.02. The third-order valence-corrected chi connectivity index (χ3v) is 3.56. The van der Waals surface area contributed by atoms with Crippen LogP contribution in [0, 0.1) is 11.6 Å². The summed E-state index contributed by atoms with van der Waals surface area (Å²) in [4.78, 5) is 0. The molecule has 0 amide bonds. The van der Waals surface area contributed by atoms with Crippen molar-refractivity contribution in [2.24, 2.45) is 0 Å². The number of aliphatic hydroxyl groups is 1. The third-order valence-electron chi connectivity index (χ3n) is 3.56. The van der Waals surface area contributed by atoms with E-state index in [2.05, 4.69) is 0 Å². The highest BCUT2D eigenvalue weighted by atomic mass is 19.2. The van der Waals surface area contributed by atoms with Crippen molar-refractivity contribution in [3.8, 4) is 0 Å². The zero-order chi connectivity index (χ0) is 13.4. The van der Waals surface area contributed by atoms with Crippen molar-refractivity contribution < 1.29 is 13.9 Å². The van der Waals surface area contributed by atoms with Crippen LogP contribution in [0.15, 0.2) is 42.5 Å². The monoisotopic (exact) mass is 260 g/mol. The molecule has 0 radical (unpaired) electrons. The van der Waals surface area contributed by atoms with Crippen LogP contribution in [0.3, 0.4) is 0 Å². The maximum atomic E-state index is 13.1. The minimum Gasteiger partial charge on any atom is -0.384 e. The Balaban J connectivity index is 1.85. The van der Waals surface area contributed by atoms with Crippen molar-refractivity contribution in [2.75, 3.05) is 0 Å². The molecule has 19 heavy (non-hydrogen) atoms. The van der Waals surface area contributed by atoms with Gasteiger partial charge >= 0.3 is 0 Å². The van der Waals surface area contributed by atoms with Gasteiger partial charge in [0.05, 0.1) is 0 Å². The molecular weight excluding hydrogens is 246 g/mol. The average Bonchev–Trinajstić information content (AvgIpc) is 3.26. The van der Waals surface area contributed by atoms with Gasteiger partial charge in [-0.25, -0.2) is 8.78 Å². The third kappa shape index (κ3) is 2.51. The first-order valence-electron chi connectivity index (χ1n) is 6.38. The van der Waals surface area contributed by atoms with Gasteiger partial charge in [0, 0.05) is 0 Å². The first-order valence-corrected chi connectivity index (χ1v) is 6.38. The van der Waals surface area contributed by atoms with Crippen molar-refractivity contribution in [3.63, 3.8) is 0 Å². The number of aliphatic hydroxyl groups excluding tert-OH is 1. The van der Waals surface area contributed by atoms with Crippen LogP contribution in [-0.4, -0.2) is 5.11 Å². The molecule has 3 heteroatoms. The van der Waals surface area contributed by atoms with Crippen LogP contribution in [-0.2, 0) is 0 Å². The van der Waals surface area contributed by atoms with Gasteiger partial charge < -0.3 is 5.11 Å². The Morgan fingerprint density at radius 1 is 0.895 bits per heavy atom. The van der Waals surface area contributed by atoms with Gasteiger partial charge in [-0.15, -0.1) is 0 Å². The van der Waals surface area contributed by atoms with Gasteiger partial charge in [-0.3, -0.25) is 0 Å². The fourth-order valence-corrected chi connectivity index (χ4v) is 2.24. The highest BCUT2D eigenvalue weighted by Crippen LogP contribution is 2.40. The van der Waals surface area contributed by atoms with E-state index in [4.69, 9.17) is 0 Å². The quantitative estimate of drug-likeness (QED) is 0.886. The maximum Gasteiger partial charge on any atom is 0.159 e. The lowest BCUT2D eigenvalue weighted by Crippen LogP contribution is -2.01. The largest absolute Gasteiger partial charge is 0.384 e. The lowest BCUT2D eigenvalue weighted by Gasteiger charge is -2.12. The van der Waals surface area contributed by atoms with Crippen molar-refractivity contribution >= 4 is 0 Å². The molecule has 0 heterocycles. The molecule has 1 atom stereocenters. The molecule has 0 aromatic heterocycles. The summed E-state index contributed by atoms with van der Waals surface area (Å²) < 4.78 is 26.0. The van der Waals surface area contributed by atoms with E-state index < -0.39 is 17.7 Å². The molecule has 1 saturated carbocycles. The zero-order valence-corrected chi connectivity index (χ0v) is 10.3. The van der Waals surface area contributed by atoms with Crippen LogP contribution in [0.1, 0.15) is 41.6 Å². The second-order valence-corrected chi connectivity index (χ2v) is 5.02. The van der Waals surface area contributed by atoms with Crippen LogP contribution in [0.25, 0.3) is 0 Å². The smallest absolute Gasteiger partial charge is 0.159 e. The molecule has 1 aliphatic rings. The first-order chi connectivity index (χ1) is 9.15. The SMILES string of the molecule is OC(c1ccc(C2CC2)cc1)c1ccc(F)c(F)c1. The van der Waals surface area contributed by atoms with Gasteiger partial charge in [-0.1, -0.05) is 30.3 Å². The molecule has 2 aromatic rings. The van der Waals surface area contributed by atoms with Gasteiger partial charge in [0.1, 0.15) is 6.10 Å². The van der Waals surface area contributed by atoms with E-state index >= 15 is 0 Å². The predicted molar refractivity (Wildman–Crippen MR) is 68.8 cm³/mol. The summed E-state index contributed by atoms with van der Waals surface area (Å²) >= 11 is 0. The van der Waals surface area contributed by atoms with Crippen LogP contribution in [0.2, 0.25) is 0 Å². The molecule has 1 unspecified atom stereocenters. The lowest BCUT2D eigenvalue weighted by atomic mass is 9.99. The van der Waals surface area contributed by atoms with E-state index in [1.807, 2.05) is 24.3 Å². The summed E-state index contributed by atoms with van der Waals surface area (Å²) in [5, 5.41) is 10.2. The molecule has 1 N–H and O–H groups in total. The summed E-state index contributed by atoms with van der Waals surface area (Å²) in [7, 11) is 0. The van der Waals surface area contributed by atoms with Gasteiger partial charge in [0.2, 0.25) is 0 Å². The number of hydrogen-bond donors (Lipinski definition) is 1. The molecule has 98 valence electrons. The van der Waals surface area contributed by atoms with Crippen LogP contribution >= 0.6 is 0 Å². The van der Waals surface area contributed by atoms with Gasteiger partial charge in [0.25, 0.3) is 0 Å². The standard InChI is InChI=1S/C16H14F2O/c17-14-8-7-13(9-15(14)18)16(19)12-5-3-11(4-6-12)10-1-2-10/h3-10,16,19H,1-2H2. The second kappa shape index (κ2) is 4.74. The minimum absolute atomic E-state index is 0.359. The molecule has 0 spiro atoms. The van der Waals surface area contributed by atoms with E-state index in [9.17, 15) is 13.9 Å². The molecular formula is C16H14F2O. The van der Waals surface area contributed by atoms with Crippen LogP contribution in [0.5, 0.6) is 0 Å². The predicted octanol–water partition coefficient (Wildman–Crippen LogP) is 3.92. The van der Waals surface area contributed by atoms with Crippen LogP contribution < -0.4 is 0 Å². The number of rotatable bonds is 3. The number of halogens is 2. The molecule has 3 rings (SSSR count). The summed E-state index contributed by atoms with van der Waals surface area (Å²) in [6.45, 7) is 0. The Hall–Kier alpha value is -1.74. The Bertz CT molecular complexity index is 588. The number of hydrogen-bond acceptors (Lipinski definition) is 1. The van der Waals surface area contributed by atoms with E-state index in [1.54, 1.807) is 0 Å². The van der Waals surface area contributed by atoms with E-state index in [0.717, 1.165) is 12.1 Å². The molecule has 1 fully saturated rings. The minimum atomic E-state index is -0.939. The highest BCUT2D eigenvalue weighted by Gasteiger charge is 2.23. The van der Waals surface area contributed by atoms with Crippen molar-refractivity contribution in [1.82, 2.24) is 0 Å². The van der Waals surface area contributed by atoms with Crippen molar-refractivity contribution in [3.05, 3.63) is 70.8 Å². The van der Waals surface area contributed by atoms with E-state index in [-0.39, 0.29) is 0 Å². The van der Waals surface area contributed by atoms with E-state index in [1.165, 1.54) is 24.5 Å². The Kier molecular flexibility index (Phi) is 3.07. The topological polar surface area (TPSA) is 20.2 Å². The Labute approximate surface area is 110 Å². The van der Waals surface area contributed by atoms with Gasteiger partial charge in [0.15, 0.2) is 11.6 Å². The Morgan fingerprint density at radius 2 is 1.53 bits per heavy atom. The normalized spacial score (nSPS) is 16.4. The zero-order valence-electron chi connectivity index (χ0n) is 10.3. The van der Waals surface area contributed by atoms with Crippen molar-refractivity contribution in [2.45, 2.75) is 24.9 Å². The first kappa shape index (κ1) is 12.3. The highest BCUT2D eigenvalue weighted by molar-refractivity contribution is 5.34. The maximum absolute atomic E-state index is 13.1. The van der Waals surface area contributed by atoms with Gasteiger partial charge in [-0.05, 0) is 47.6 Å². The molecule has 0 aliphatic heterocycles.